The second-order valence-corrected chi connectivity index (χ2v) is 24.4. The van der Waals surface area contributed by atoms with Gasteiger partial charge in [-0.2, -0.15) is 0 Å². The third-order valence-electron chi connectivity index (χ3n) is 13.5. The van der Waals surface area contributed by atoms with E-state index in [1.165, 1.54) is 55.6 Å². The highest BCUT2D eigenvalue weighted by Crippen LogP contribution is 2.47. The van der Waals surface area contributed by atoms with Crippen LogP contribution in [0.1, 0.15) is 163 Å². The van der Waals surface area contributed by atoms with Crippen LogP contribution in [0.25, 0.3) is 0 Å². The summed E-state index contributed by atoms with van der Waals surface area (Å²) < 4.78 is 4.96. The lowest BCUT2D eigenvalue weighted by atomic mass is 9.79. The predicted molar refractivity (Wildman–Crippen MR) is 288 cm³/mol. The van der Waals surface area contributed by atoms with Gasteiger partial charge in [0.1, 0.15) is 18.1 Å². The Bertz CT molecular complexity index is 2750. The smallest absolute Gasteiger partial charge is 0.334 e. The van der Waals surface area contributed by atoms with Crippen molar-refractivity contribution in [3.63, 3.8) is 0 Å². The van der Waals surface area contributed by atoms with Gasteiger partial charge in [0.25, 0.3) is 5.96 Å². The number of aliphatic imine (C=N–C) groups is 1. The van der Waals surface area contributed by atoms with E-state index in [1.807, 2.05) is 0 Å². The van der Waals surface area contributed by atoms with E-state index < -0.39 is 0 Å². The molecule has 0 spiro atoms. The van der Waals surface area contributed by atoms with Gasteiger partial charge in [-0.25, -0.2) is 19.8 Å². The Morgan fingerprint density at radius 1 is 0.537 bits per heavy atom. The number of rotatable bonds is 8. The molecule has 0 amide bonds. The predicted octanol–water partition coefficient (Wildman–Crippen LogP) is 15.3. The molecule has 0 saturated carbocycles. The fourth-order valence-corrected chi connectivity index (χ4v) is 11.6. The maximum atomic E-state index is 5.58. The van der Waals surface area contributed by atoms with E-state index in [2.05, 4.69) is 281 Å². The molecule has 5 nitrogen and oxygen atoms in total. The molecule has 0 fully saturated rings. The van der Waals surface area contributed by atoms with Crippen LogP contribution in [0.3, 0.4) is 0 Å². The molecule has 0 aliphatic carbocycles. The zero-order chi connectivity index (χ0) is 48.1. The van der Waals surface area contributed by atoms with E-state index in [1.54, 1.807) is 0 Å². The van der Waals surface area contributed by atoms with Crippen molar-refractivity contribution in [2.24, 2.45) is 4.99 Å². The number of guanidine groups is 2. The van der Waals surface area contributed by atoms with Crippen molar-refractivity contribution in [3.05, 3.63) is 210 Å². The number of nitrogens with one attached hydrogen (secondary N) is 2. The summed E-state index contributed by atoms with van der Waals surface area (Å²) in [6.07, 6.45) is 0. The van der Waals surface area contributed by atoms with Gasteiger partial charge in [-0.05, 0) is 66.2 Å². The minimum atomic E-state index is -0.135. The molecule has 0 radical (unpaired) electrons. The maximum absolute atomic E-state index is 5.58. The quantitative estimate of drug-likeness (QED) is 0.149. The highest BCUT2D eigenvalue weighted by atomic mass is 79.9. The van der Waals surface area contributed by atoms with Crippen LogP contribution < -0.4 is 10.6 Å². The summed E-state index contributed by atoms with van der Waals surface area (Å²) in [5, 5.41) is 8.06. The molecule has 2 aliphatic rings. The molecule has 6 aromatic rings. The lowest BCUT2D eigenvalue weighted by molar-refractivity contribution is -0.583. The molecule has 2 heterocycles. The normalized spacial score (nSPS) is 19.1. The molecule has 348 valence electrons. The van der Waals surface area contributed by atoms with Gasteiger partial charge in [-0.3, -0.25) is 0 Å². The molecule has 0 saturated heterocycles. The van der Waals surface area contributed by atoms with Crippen molar-refractivity contribution >= 4 is 43.8 Å². The molecule has 6 aromatic carbocycles. The van der Waals surface area contributed by atoms with Crippen molar-refractivity contribution in [1.29, 1.82) is 0 Å². The number of nitrogens with zero attached hydrogens (tertiary/aromatic N) is 3. The van der Waals surface area contributed by atoms with Gasteiger partial charge < -0.3 is 5.32 Å². The lowest BCUT2D eigenvalue weighted by Crippen LogP contribution is -2.48. The molecule has 2 N–H and O–H groups in total. The van der Waals surface area contributed by atoms with E-state index in [0.717, 1.165) is 20.9 Å². The fourth-order valence-electron chi connectivity index (χ4n) is 9.70. The molecule has 2 aliphatic heterocycles. The molecule has 67 heavy (non-hydrogen) atoms. The summed E-state index contributed by atoms with van der Waals surface area (Å²) in [7, 11) is 0. The van der Waals surface area contributed by atoms with E-state index in [4.69, 9.17) is 4.99 Å². The summed E-state index contributed by atoms with van der Waals surface area (Å²) in [6, 6.07) is 53.1. The number of hydrogen-bond donors (Lipinski definition) is 2. The minimum Gasteiger partial charge on any atom is -0.334 e. The third-order valence-corrected chi connectivity index (χ3v) is 15.4. The lowest BCUT2D eigenvalue weighted by Gasteiger charge is -2.30. The average Bonchev–Trinajstić information content (AvgIpc) is 3.83. The van der Waals surface area contributed by atoms with E-state index in [9.17, 15) is 0 Å². The van der Waals surface area contributed by atoms with Gasteiger partial charge in [-0.15, -0.1) is 0 Å². The van der Waals surface area contributed by atoms with E-state index in [-0.39, 0.29) is 45.8 Å². The summed E-state index contributed by atoms with van der Waals surface area (Å²) in [6.45, 7) is 29.2. The van der Waals surface area contributed by atoms with Gasteiger partial charge >= 0.3 is 5.96 Å². The molecule has 7 heteroatoms. The summed E-state index contributed by atoms with van der Waals surface area (Å²) in [5.41, 5.74) is 12.4. The molecular formula is C60H70Br2N5+. The van der Waals surface area contributed by atoms with Crippen LogP contribution in [-0.2, 0) is 34.7 Å². The Morgan fingerprint density at radius 2 is 0.970 bits per heavy atom. The van der Waals surface area contributed by atoms with Crippen LogP contribution in [0, 0.1) is 0 Å². The minimum absolute atomic E-state index is 0.0563. The second kappa shape index (κ2) is 18.8. The highest BCUT2D eigenvalue weighted by molar-refractivity contribution is 9.11. The highest BCUT2D eigenvalue weighted by Gasteiger charge is 2.50. The third kappa shape index (κ3) is 10.4. The summed E-state index contributed by atoms with van der Waals surface area (Å²) in [4.78, 5) is 8.22. The Morgan fingerprint density at radius 3 is 1.45 bits per heavy atom. The Hall–Kier alpha value is -4.98. The zero-order valence-corrected chi connectivity index (χ0v) is 44.8. The maximum Gasteiger partial charge on any atom is 0.357 e. The summed E-state index contributed by atoms with van der Waals surface area (Å²) in [5.74, 6) is 1.76. The molecule has 4 atom stereocenters. The first kappa shape index (κ1) is 48.5. The topological polar surface area (TPSA) is 42.7 Å². The van der Waals surface area contributed by atoms with Crippen LogP contribution in [0.15, 0.2) is 160 Å². The first-order valence-corrected chi connectivity index (χ1v) is 25.6. The monoisotopic (exact) mass is 1020 g/mol. The van der Waals surface area contributed by atoms with Crippen molar-refractivity contribution in [1.82, 2.24) is 15.5 Å². The molecule has 0 unspecified atom stereocenters. The van der Waals surface area contributed by atoms with Gasteiger partial charge in [0.15, 0.2) is 0 Å². The number of halogens is 2. The van der Waals surface area contributed by atoms with Gasteiger partial charge in [0.2, 0.25) is 0 Å². The van der Waals surface area contributed by atoms with Crippen LogP contribution >= 0.6 is 31.9 Å². The largest absolute Gasteiger partial charge is 0.357 e. The van der Waals surface area contributed by atoms with Crippen LogP contribution in [-0.4, -0.2) is 21.4 Å². The average molecular weight is 1020 g/mol. The van der Waals surface area contributed by atoms with Crippen LogP contribution in [0.2, 0.25) is 0 Å². The summed E-state index contributed by atoms with van der Waals surface area (Å²) >= 11 is 8.51. The Labute approximate surface area is 418 Å². The van der Waals surface area contributed by atoms with Crippen molar-refractivity contribution in [3.8, 4) is 0 Å². The molecular weight excluding hydrogens is 951 g/mol. The Kier molecular flexibility index (Phi) is 13.6. The molecule has 0 aromatic heterocycles. The Balaban J connectivity index is 1.42. The molecule has 8 rings (SSSR count). The van der Waals surface area contributed by atoms with Crippen LogP contribution in [0.5, 0.6) is 0 Å². The van der Waals surface area contributed by atoms with Gasteiger partial charge in [0.05, 0.1) is 19.1 Å². The van der Waals surface area contributed by atoms with Crippen molar-refractivity contribution < 1.29 is 4.58 Å². The number of benzene rings is 6. The van der Waals surface area contributed by atoms with Gasteiger partial charge in [0, 0.05) is 20.1 Å². The fraction of sp³-hybridized carbons (Fsp3) is 0.367. The number of hydrogen-bond acceptors (Lipinski definition) is 4. The SMILES string of the molecule is CC(C)(C)c1cc(CN2C(NC3=N[C@@H](c4ccccc4)[C@H](c4ccccc4)N3)=[N+](Cc3cc(C(C)(C)C)cc(C(C)(C)C)c3Br)[C@@H](c3ccccc3)[C@@H]2c2ccccc2)c(Br)c(C(C)(C)C)c1. The second-order valence-electron chi connectivity index (χ2n) is 22.8. The van der Waals surface area contributed by atoms with Crippen molar-refractivity contribution in [2.45, 2.75) is 142 Å². The first-order chi connectivity index (χ1) is 31.6. The van der Waals surface area contributed by atoms with Crippen molar-refractivity contribution in [2.75, 3.05) is 0 Å². The van der Waals surface area contributed by atoms with Gasteiger partial charge in [-0.1, -0.05) is 261 Å². The van der Waals surface area contributed by atoms with Crippen LogP contribution in [0.4, 0.5) is 0 Å². The van der Waals surface area contributed by atoms with E-state index in [0.29, 0.717) is 13.1 Å². The standard InChI is InChI=1S/C60H69Br2N5/c1-57(2,3)45-33-43(49(61)47(35-45)59(7,8)9)37-66-53(41-29-21-15-22-30-41)54(42-31-23-16-24-32-42)67(38-44-34-46(58(4,5)6)36-48(50(44)62)60(10,11)12)56(66)65-55-63-51(39-25-17-13-18-26-39)52(64-55)40-27-19-14-20-28-40/h13-36,51-54H,37-38H2,1-12H3,(H,63,64)/p+1/t51-,52-,53-,54-/m0/s1. The molecule has 0 bridgehead atoms. The van der Waals surface area contributed by atoms with E-state index >= 15 is 0 Å². The zero-order valence-electron chi connectivity index (χ0n) is 41.7. The first-order valence-electron chi connectivity index (χ1n) is 24.0.